The van der Waals surface area contributed by atoms with Gasteiger partial charge in [-0.1, -0.05) is 11.6 Å². The van der Waals surface area contributed by atoms with E-state index in [-0.39, 0.29) is 16.6 Å². The van der Waals surface area contributed by atoms with Crippen LogP contribution in [0.3, 0.4) is 0 Å². The van der Waals surface area contributed by atoms with Gasteiger partial charge in [0.05, 0.1) is 5.56 Å². The molecule has 0 spiro atoms. The van der Waals surface area contributed by atoms with Gasteiger partial charge in [-0.3, -0.25) is 9.59 Å². The van der Waals surface area contributed by atoms with E-state index < -0.39 is 0 Å². The lowest BCUT2D eigenvalue weighted by molar-refractivity contribution is -0.120. The summed E-state index contributed by atoms with van der Waals surface area (Å²) in [6.45, 7) is 0.438. The van der Waals surface area contributed by atoms with E-state index in [4.69, 9.17) is 11.6 Å². The summed E-state index contributed by atoms with van der Waals surface area (Å²) in [7, 11) is 3.30. The second-order valence-corrected chi connectivity index (χ2v) is 3.72. The summed E-state index contributed by atoms with van der Waals surface area (Å²) in [5.41, 5.74) is 0.230. The van der Waals surface area contributed by atoms with Crippen molar-refractivity contribution in [3.63, 3.8) is 0 Å². The first-order valence-electron chi connectivity index (χ1n) is 4.97. The van der Waals surface area contributed by atoms with E-state index in [1.165, 1.54) is 6.33 Å². The fourth-order valence-corrected chi connectivity index (χ4v) is 1.44. The quantitative estimate of drug-likeness (QED) is 0.614. The topological polar surface area (TPSA) is 75.2 Å². The number of nitrogens with zero attached hydrogens (tertiary/aromatic N) is 3. The van der Waals surface area contributed by atoms with Crippen molar-refractivity contribution in [3.8, 4) is 0 Å². The van der Waals surface area contributed by atoms with Crippen LogP contribution in [-0.2, 0) is 4.79 Å². The number of anilines is 1. The number of nitrogens with one attached hydrogen (secondary N) is 1. The molecule has 0 atom stereocenters. The Hall–Kier alpha value is -1.69. The maximum Gasteiger partial charge on any atom is 0.221 e. The van der Waals surface area contributed by atoms with Gasteiger partial charge >= 0.3 is 0 Å². The molecule has 92 valence electrons. The fraction of sp³-hybridized carbons (Fsp3) is 0.400. The van der Waals surface area contributed by atoms with Crippen molar-refractivity contribution in [3.05, 3.63) is 17.0 Å². The molecule has 1 amide bonds. The number of carbonyl (C=O) groups excluding carboxylic acids is 2. The fourth-order valence-electron chi connectivity index (χ4n) is 1.27. The molecular formula is C10H13ClN4O2. The normalized spacial score (nSPS) is 9.82. The van der Waals surface area contributed by atoms with Gasteiger partial charge in [-0.2, -0.15) is 0 Å². The number of halogens is 1. The van der Waals surface area contributed by atoms with Crippen molar-refractivity contribution < 1.29 is 9.59 Å². The molecular weight excluding hydrogens is 244 g/mol. The van der Waals surface area contributed by atoms with E-state index in [1.807, 2.05) is 0 Å². The number of hydrogen-bond acceptors (Lipinski definition) is 5. The second-order valence-electron chi connectivity index (χ2n) is 3.36. The number of aromatic nitrogens is 2. The third-order valence-corrected chi connectivity index (χ3v) is 2.55. The Morgan fingerprint density at radius 2 is 2.29 bits per heavy atom. The molecule has 1 N–H and O–H groups in total. The summed E-state index contributed by atoms with van der Waals surface area (Å²) in [6, 6.07) is 0. The van der Waals surface area contributed by atoms with Crippen LogP contribution < -0.4 is 10.2 Å². The zero-order valence-electron chi connectivity index (χ0n) is 9.61. The maximum absolute atomic E-state index is 11.1. The van der Waals surface area contributed by atoms with Crippen LogP contribution in [0.5, 0.6) is 0 Å². The van der Waals surface area contributed by atoms with Crippen LogP contribution in [0.4, 0.5) is 5.82 Å². The Morgan fingerprint density at radius 3 is 2.88 bits per heavy atom. The van der Waals surface area contributed by atoms with Gasteiger partial charge < -0.3 is 10.2 Å². The monoisotopic (exact) mass is 256 g/mol. The number of amides is 1. The SMILES string of the molecule is CNC(=O)CCN(C)c1ncnc(Cl)c1C=O. The van der Waals surface area contributed by atoms with Crippen molar-refractivity contribution in [1.29, 1.82) is 0 Å². The molecule has 1 aromatic heterocycles. The highest BCUT2D eigenvalue weighted by molar-refractivity contribution is 6.32. The van der Waals surface area contributed by atoms with E-state index in [2.05, 4.69) is 15.3 Å². The molecule has 0 aliphatic rings. The van der Waals surface area contributed by atoms with Crippen molar-refractivity contribution in [1.82, 2.24) is 15.3 Å². The van der Waals surface area contributed by atoms with Crippen LogP contribution in [-0.4, -0.2) is 42.8 Å². The summed E-state index contributed by atoms with van der Waals surface area (Å²) >= 11 is 5.78. The largest absolute Gasteiger partial charge is 0.359 e. The summed E-state index contributed by atoms with van der Waals surface area (Å²) in [5.74, 6) is 0.341. The van der Waals surface area contributed by atoms with E-state index in [0.29, 0.717) is 25.1 Å². The Bertz CT molecular complexity index is 425. The molecule has 0 aliphatic carbocycles. The lowest BCUT2D eigenvalue weighted by Crippen LogP contribution is -2.27. The number of rotatable bonds is 5. The van der Waals surface area contributed by atoms with Gasteiger partial charge in [-0.15, -0.1) is 0 Å². The van der Waals surface area contributed by atoms with Gasteiger partial charge in [0, 0.05) is 27.1 Å². The third-order valence-electron chi connectivity index (χ3n) is 2.25. The highest BCUT2D eigenvalue weighted by Crippen LogP contribution is 2.20. The highest BCUT2D eigenvalue weighted by atomic mass is 35.5. The lowest BCUT2D eigenvalue weighted by Gasteiger charge is -2.19. The van der Waals surface area contributed by atoms with Crippen LogP contribution in [0, 0.1) is 0 Å². The Kier molecular flexibility index (Phi) is 4.84. The molecule has 7 heteroatoms. The van der Waals surface area contributed by atoms with Gasteiger partial charge in [0.2, 0.25) is 5.91 Å². The molecule has 0 fully saturated rings. The predicted molar refractivity (Wildman–Crippen MR) is 64.4 cm³/mol. The Balaban J connectivity index is 2.81. The minimum Gasteiger partial charge on any atom is -0.359 e. The summed E-state index contributed by atoms with van der Waals surface area (Å²) in [5, 5.41) is 2.63. The summed E-state index contributed by atoms with van der Waals surface area (Å²) in [6.07, 6.45) is 2.20. The molecule has 1 heterocycles. The van der Waals surface area contributed by atoms with Crippen LogP contribution in [0.25, 0.3) is 0 Å². The van der Waals surface area contributed by atoms with Crippen LogP contribution in [0.2, 0.25) is 5.15 Å². The lowest BCUT2D eigenvalue weighted by atomic mass is 10.3. The molecule has 0 bridgehead atoms. The Morgan fingerprint density at radius 1 is 1.59 bits per heavy atom. The standard InChI is InChI=1S/C10H13ClN4O2/c1-12-8(17)3-4-15(2)10-7(5-16)9(11)13-6-14-10/h5-6H,3-4H2,1-2H3,(H,12,17). The zero-order chi connectivity index (χ0) is 12.8. The van der Waals surface area contributed by atoms with E-state index >= 15 is 0 Å². The van der Waals surface area contributed by atoms with Gasteiger partial charge in [-0.05, 0) is 0 Å². The zero-order valence-corrected chi connectivity index (χ0v) is 10.4. The average Bonchev–Trinajstić information content (AvgIpc) is 2.35. The van der Waals surface area contributed by atoms with E-state index in [9.17, 15) is 9.59 Å². The molecule has 0 aliphatic heterocycles. The minimum absolute atomic E-state index is 0.0790. The second kappa shape index (κ2) is 6.15. The molecule has 0 aromatic carbocycles. The number of aldehydes is 1. The van der Waals surface area contributed by atoms with Gasteiger partial charge in [-0.25, -0.2) is 9.97 Å². The summed E-state index contributed by atoms with van der Waals surface area (Å²) in [4.78, 5) is 31.4. The van der Waals surface area contributed by atoms with Crippen LogP contribution in [0.15, 0.2) is 6.33 Å². The third kappa shape index (κ3) is 3.39. The van der Waals surface area contributed by atoms with Crippen molar-refractivity contribution in [2.45, 2.75) is 6.42 Å². The van der Waals surface area contributed by atoms with Crippen molar-refractivity contribution in [2.75, 3.05) is 25.5 Å². The smallest absolute Gasteiger partial charge is 0.221 e. The molecule has 1 aromatic rings. The van der Waals surface area contributed by atoms with Crippen LogP contribution in [0.1, 0.15) is 16.8 Å². The molecule has 0 radical (unpaired) electrons. The molecule has 17 heavy (non-hydrogen) atoms. The maximum atomic E-state index is 11.1. The average molecular weight is 257 g/mol. The van der Waals surface area contributed by atoms with Crippen molar-refractivity contribution >= 4 is 29.6 Å². The predicted octanol–water partition coefficient (Wildman–Crippen LogP) is 0.515. The number of hydrogen-bond donors (Lipinski definition) is 1. The van der Waals surface area contributed by atoms with E-state index in [1.54, 1.807) is 19.0 Å². The van der Waals surface area contributed by atoms with E-state index in [0.717, 1.165) is 0 Å². The first kappa shape index (κ1) is 13.4. The van der Waals surface area contributed by atoms with Gasteiger partial charge in [0.1, 0.15) is 17.3 Å². The van der Waals surface area contributed by atoms with Crippen molar-refractivity contribution in [2.24, 2.45) is 0 Å². The Labute approximate surface area is 104 Å². The molecule has 0 saturated carbocycles. The first-order valence-corrected chi connectivity index (χ1v) is 5.35. The van der Waals surface area contributed by atoms with Gasteiger partial charge in [0.25, 0.3) is 0 Å². The summed E-state index contributed by atoms with van der Waals surface area (Å²) < 4.78 is 0. The minimum atomic E-state index is -0.0790. The molecule has 0 unspecified atom stereocenters. The molecule has 6 nitrogen and oxygen atoms in total. The number of carbonyl (C=O) groups is 2. The first-order chi connectivity index (χ1) is 8.10. The highest BCUT2D eigenvalue weighted by Gasteiger charge is 2.13. The molecule has 1 rings (SSSR count). The van der Waals surface area contributed by atoms with Gasteiger partial charge in [0.15, 0.2) is 6.29 Å². The molecule has 0 saturated heterocycles. The van der Waals surface area contributed by atoms with Crippen LogP contribution >= 0.6 is 11.6 Å².